The molecule has 2 unspecified atom stereocenters. The Morgan fingerprint density at radius 3 is 2.61 bits per heavy atom. The second-order valence-electron chi connectivity index (χ2n) is 4.59. The minimum Gasteiger partial charge on any atom is -0.385 e. The molecule has 0 aliphatic rings. The summed E-state index contributed by atoms with van der Waals surface area (Å²) in [4.78, 5) is 0. The summed E-state index contributed by atoms with van der Waals surface area (Å²) in [7, 11) is -0.730. The van der Waals surface area contributed by atoms with Gasteiger partial charge in [0.05, 0.1) is 0 Å². The van der Waals surface area contributed by atoms with E-state index in [-0.39, 0.29) is 5.25 Å². The van der Waals surface area contributed by atoms with Crippen molar-refractivity contribution in [3.63, 3.8) is 0 Å². The van der Waals surface area contributed by atoms with Crippen LogP contribution in [0.2, 0.25) is 0 Å². The molecule has 0 aromatic heterocycles. The van der Waals surface area contributed by atoms with E-state index in [0.29, 0.717) is 0 Å². The van der Waals surface area contributed by atoms with E-state index in [9.17, 15) is 4.21 Å². The van der Waals surface area contributed by atoms with Crippen molar-refractivity contribution < 1.29 is 4.21 Å². The van der Waals surface area contributed by atoms with Crippen LogP contribution in [0, 0.1) is 0 Å². The topological polar surface area (TPSA) is 29.1 Å². The summed E-state index contributed by atoms with van der Waals surface area (Å²) in [5.41, 5.74) is 1.13. The molecule has 0 amide bonds. The molecule has 0 aliphatic heterocycles. The maximum Gasteiger partial charge on any atom is 0.0346 e. The van der Waals surface area contributed by atoms with Gasteiger partial charge in [0.15, 0.2) is 0 Å². The molecule has 2 rings (SSSR count). The van der Waals surface area contributed by atoms with Gasteiger partial charge < -0.3 is 5.32 Å². The Labute approximate surface area is 111 Å². The van der Waals surface area contributed by atoms with Gasteiger partial charge in [-0.05, 0) is 29.3 Å². The molecule has 0 saturated carbocycles. The Kier molecular flexibility index (Phi) is 4.37. The van der Waals surface area contributed by atoms with Crippen molar-refractivity contribution in [1.82, 2.24) is 0 Å². The number of anilines is 1. The van der Waals surface area contributed by atoms with Crippen LogP contribution in [0.1, 0.15) is 13.3 Å². The van der Waals surface area contributed by atoms with Crippen LogP contribution in [0.4, 0.5) is 5.69 Å². The van der Waals surface area contributed by atoms with Crippen LogP contribution < -0.4 is 5.32 Å². The van der Waals surface area contributed by atoms with Crippen LogP contribution in [-0.2, 0) is 10.8 Å². The second-order valence-corrected chi connectivity index (χ2v) is 6.39. The van der Waals surface area contributed by atoms with E-state index in [1.807, 2.05) is 13.0 Å². The molecule has 0 fully saturated rings. The van der Waals surface area contributed by atoms with Gasteiger partial charge >= 0.3 is 0 Å². The number of hydrogen-bond donors (Lipinski definition) is 1. The summed E-state index contributed by atoms with van der Waals surface area (Å²) >= 11 is 0. The lowest BCUT2D eigenvalue weighted by Gasteiger charge is -2.10. The van der Waals surface area contributed by atoms with Crippen LogP contribution in [0.15, 0.2) is 42.5 Å². The summed E-state index contributed by atoms with van der Waals surface area (Å²) < 4.78 is 11.2. The molecule has 18 heavy (non-hydrogen) atoms. The Morgan fingerprint density at radius 1 is 1.17 bits per heavy atom. The molecule has 2 nitrogen and oxygen atoms in total. The Balaban J connectivity index is 1.98. The maximum absolute atomic E-state index is 11.2. The van der Waals surface area contributed by atoms with E-state index in [4.69, 9.17) is 0 Å². The summed E-state index contributed by atoms with van der Waals surface area (Å²) in [6.45, 7) is 2.89. The summed E-state index contributed by atoms with van der Waals surface area (Å²) in [6, 6.07) is 14.7. The van der Waals surface area contributed by atoms with Gasteiger partial charge in [-0.25, -0.2) is 0 Å². The van der Waals surface area contributed by atoms with Crippen molar-refractivity contribution in [3.05, 3.63) is 42.5 Å². The fraction of sp³-hybridized carbons (Fsp3) is 0.333. The van der Waals surface area contributed by atoms with Gasteiger partial charge in [0.2, 0.25) is 0 Å². The predicted octanol–water partition coefficient (Wildman–Crippen LogP) is 3.41. The first kappa shape index (κ1) is 13.1. The van der Waals surface area contributed by atoms with Crippen molar-refractivity contribution in [2.45, 2.75) is 18.6 Å². The fourth-order valence-electron chi connectivity index (χ4n) is 1.89. The lowest BCUT2D eigenvalue weighted by atomic mass is 10.1. The number of hydrogen-bond acceptors (Lipinski definition) is 2. The lowest BCUT2D eigenvalue weighted by Crippen LogP contribution is -2.14. The number of fused-ring (bicyclic) bond motifs is 1. The molecule has 2 atom stereocenters. The van der Waals surface area contributed by atoms with E-state index < -0.39 is 10.8 Å². The van der Waals surface area contributed by atoms with Gasteiger partial charge in [0.1, 0.15) is 0 Å². The first-order chi connectivity index (χ1) is 8.66. The zero-order valence-electron chi connectivity index (χ0n) is 10.8. The lowest BCUT2D eigenvalue weighted by molar-refractivity contribution is 0.672. The molecule has 0 radical (unpaired) electrons. The molecule has 2 aromatic carbocycles. The molecule has 0 saturated heterocycles. The zero-order valence-corrected chi connectivity index (χ0v) is 11.7. The molecular formula is C15H19NOS. The standard InChI is InChI=1S/C15H19NOS/c1-12(18(2)17)9-10-16-15-8-7-13-5-3-4-6-14(13)11-15/h3-8,11-12,16H,9-10H2,1-2H3. The summed E-state index contributed by atoms with van der Waals surface area (Å²) in [6.07, 6.45) is 2.69. The first-order valence-electron chi connectivity index (χ1n) is 6.22. The van der Waals surface area contributed by atoms with Gasteiger partial charge in [-0.3, -0.25) is 4.21 Å². The van der Waals surface area contributed by atoms with E-state index >= 15 is 0 Å². The molecular weight excluding hydrogens is 242 g/mol. The largest absolute Gasteiger partial charge is 0.385 e. The third kappa shape index (κ3) is 3.33. The van der Waals surface area contributed by atoms with E-state index in [1.165, 1.54) is 10.8 Å². The van der Waals surface area contributed by atoms with E-state index in [2.05, 4.69) is 41.7 Å². The van der Waals surface area contributed by atoms with Crippen LogP contribution in [0.3, 0.4) is 0 Å². The van der Waals surface area contributed by atoms with Crippen LogP contribution in [0.25, 0.3) is 10.8 Å². The van der Waals surface area contributed by atoms with Gasteiger partial charge in [0, 0.05) is 34.5 Å². The second kappa shape index (κ2) is 6.01. The van der Waals surface area contributed by atoms with Crippen LogP contribution in [0.5, 0.6) is 0 Å². The summed E-state index contributed by atoms with van der Waals surface area (Å²) in [5.74, 6) is 0. The zero-order chi connectivity index (χ0) is 13.0. The van der Waals surface area contributed by atoms with Gasteiger partial charge in [-0.2, -0.15) is 0 Å². The highest BCUT2D eigenvalue weighted by Gasteiger charge is 2.05. The fourth-order valence-corrected chi connectivity index (χ4v) is 2.33. The third-order valence-electron chi connectivity index (χ3n) is 3.20. The number of benzene rings is 2. The molecule has 1 N–H and O–H groups in total. The van der Waals surface area contributed by atoms with Crippen LogP contribution >= 0.6 is 0 Å². The highest BCUT2D eigenvalue weighted by atomic mass is 32.2. The Bertz CT molecular complexity index is 553. The quantitative estimate of drug-likeness (QED) is 0.893. The minimum atomic E-state index is -0.730. The van der Waals surface area contributed by atoms with Crippen molar-refractivity contribution in [3.8, 4) is 0 Å². The summed E-state index contributed by atoms with van der Waals surface area (Å²) in [5, 5.41) is 6.14. The first-order valence-corrected chi connectivity index (χ1v) is 7.84. The van der Waals surface area contributed by atoms with Crippen LogP contribution in [-0.4, -0.2) is 22.3 Å². The van der Waals surface area contributed by atoms with Gasteiger partial charge in [-0.1, -0.05) is 37.3 Å². The van der Waals surface area contributed by atoms with Crippen molar-refractivity contribution in [1.29, 1.82) is 0 Å². The molecule has 0 aliphatic carbocycles. The predicted molar refractivity (Wildman–Crippen MR) is 80.6 cm³/mol. The van der Waals surface area contributed by atoms with Gasteiger partial charge in [-0.15, -0.1) is 0 Å². The van der Waals surface area contributed by atoms with Crippen molar-refractivity contribution in [2.24, 2.45) is 0 Å². The molecule has 0 heterocycles. The average Bonchev–Trinajstić information content (AvgIpc) is 2.38. The molecule has 96 valence electrons. The minimum absolute atomic E-state index is 0.248. The highest BCUT2D eigenvalue weighted by Crippen LogP contribution is 2.18. The monoisotopic (exact) mass is 261 g/mol. The third-order valence-corrected chi connectivity index (χ3v) is 4.57. The smallest absolute Gasteiger partial charge is 0.0346 e. The van der Waals surface area contributed by atoms with Gasteiger partial charge in [0.25, 0.3) is 0 Å². The van der Waals surface area contributed by atoms with Crippen molar-refractivity contribution >= 4 is 27.3 Å². The average molecular weight is 261 g/mol. The Morgan fingerprint density at radius 2 is 1.89 bits per heavy atom. The highest BCUT2D eigenvalue weighted by molar-refractivity contribution is 7.84. The molecule has 0 spiro atoms. The van der Waals surface area contributed by atoms with Crippen molar-refractivity contribution in [2.75, 3.05) is 18.1 Å². The number of nitrogens with one attached hydrogen (secondary N) is 1. The molecule has 0 bridgehead atoms. The SMILES string of the molecule is CC(CCNc1ccc2ccccc2c1)S(C)=O. The van der Waals surface area contributed by atoms with E-state index in [1.54, 1.807) is 6.26 Å². The van der Waals surface area contributed by atoms with E-state index in [0.717, 1.165) is 18.7 Å². The molecule has 2 aromatic rings. The maximum atomic E-state index is 11.2. The Hall–Kier alpha value is -1.35. The normalized spacial score (nSPS) is 14.3. The molecule has 3 heteroatoms. The number of rotatable bonds is 5.